The molecule has 0 unspecified atom stereocenters. The van der Waals surface area contributed by atoms with Crippen molar-refractivity contribution in [2.45, 2.75) is 13.8 Å². The predicted molar refractivity (Wildman–Crippen MR) is 105 cm³/mol. The zero-order valence-electron chi connectivity index (χ0n) is 14.0. The van der Waals surface area contributed by atoms with Crippen LogP contribution in [0.15, 0.2) is 48.5 Å². The maximum atomic E-state index is 12.7. The number of pyridine rings is 1. The zero-order valence-corrected chi connectivity index (χ0v) is 14.8. The molecule has 4 aromatic rings. The molecule has 0 saturated carbocycles. The third-order valence-electron chi connectivity index (χ3n) is 4.24. The molecule has 3 N–H and O–H groups in total. The Labute approximate surface area is 149 Å². The molecule has 2 aromatic heterocycles. The van der Waals surface area contributed by atoms with Crippen molar-refractivity contribution in [2.75, 3.05) is 11.1 Å². The van der Waals surface area contributed by atoms with Crippen LogP contribution in [0.25, 0.3) is 21.0 Å². The lowest BCUT2D eigenvalue weighted by atomic mass is 10.1. The van der Waals surface area contributed by atoms with Crippen molar-refractivity contribution < 1.29 is 4.79 Å². The van der Waals surface area contributed by atoms with Crippen LogP contribution in [0, 0.1) is 13.8 Å². The quantitative estimate of drug-likeness (QED) is 0.542. The van der Waals surface area contributed by atoms with E-state index in [0.717, 1.165) is 37.9 Å². The predicted octanol–water partition coefficient (Wildman–Crippen LogP) is 4.90. The summed E-state index contributed by atoms with van der Waals surface area (Å²) in [5.74, 6) is -0.201. The van der Waals surface area contributed by atoms with Gasteiger partial charge >= 0.3 is 0 Å². The SMILES string of the molecule is Cc1cc(C)c2c(N)c(C(=O)Nc3ccc4ccccc4c3)sc2n1. The molecule has 0 fully saturated rings. The minimum atomic E-state index is -0.201. The Morgan fingerprint density at radius 1 is 1.08 bits per heavy atom. The number of thiophene rings is 1. The number of hydrogen-bond donors (Lipinski definition) is 2. The number of nitrogens with two attached hydrogens (primary N) is 1. The number of nitrogen functional groups attached to an aromatic ring is 1. The number of amides is 1. The van der Waals surface area contributed by atoms with Gasteiger partial charge in [0.25, 0.3) is 5.91 Å². The van der Waals surface area contributed by atoms with Crippen LogP contribution < -0.4 is 11.1 Å². The molecule has 25 heavy (non-hydrogen) atoms. The summed E-state index contributed by atoms with van der Waals surface area (Å²) in [7, 11) is 0. The van der Waals surface area contributed by atoms with E-state index in [-0.39, 0.29) is 5.91 Å². The van der Waals surface area contributed by atoms with Gasteiger partial charge in [0.05, 0.1) is 5.69 Å². The van der Waals surface area contributed by atoms with E-state index in [0.29, 0.717) is 10.6 Å². The minimum Gasteiger partial charge on any atom is -0.397 e. The van der Waals surface area contributed by atoms with Gasteiger partial charge < -0.3 is 11.1 Å². The zero-order chi connectivity index (χ0) is 17.6. The largest absolute Gasteiger partial charge is 0.397 e. The van der Waals surface area contributed by atoms with E-state index in [1.54, 1.807) is 0 Å². The number of fused-ring (bicyclic) bond motifs is 2. The summed E-state index contributed by atoms with van der Waals surface area (Å²) < 4.78 is 0. The summed E-state index contributed by atoms with van der Waals surface area (Å²) in [6.45, 7) is 3.93. The Kier molecular flexibility index (Phi) is 3.66. The molecule has 0 radical (unpaired) electrons. The van der Waals surface area contributed by atoms with Crippen LogP contribution in [-0.4, -0.2) is 10.9 Å². The van der Waals surface area contributed by atoms with Gasteiger partial charge in [0.1, 0.15) is 9.71 Å². The van der Waals surface area contributed by atoms with E-state index < -0.39 is 0 Å². The second-order valence-corrected chi connectivity index (χ2v) is 7.12. The van der Waals surface area contributed by atoms with Gasteiger partial charge in [-0.2, -0.15) is 0 Å². The maximum absolute atomic E-state index is 12.7. The van der Waals surface area contributed by atoms with Crippen molar-refractivity contribution in [3.8, 4) is 0 Å². The normalized spacial score (nSPS) is 11.1. The minimum absolute atomic E-state index is 0.201. The molecule has 5 heteroatoms. The number of anilines is 2. The number of aromatic nitrogens is 1. The molecular weight excluding hydrogens is 330 g/mol. The number of nitrogens with one attached hydrogen (secondary N) is 1. The molecule has 0 saturated heterocycles. The van der Waals surface area contributed by atoms with E-state index in [4.69, 9.17) is 5.73 Å². The average molecular weight is 347 g/mol. The van der Waals surface area contributed by atoms with Crippen molar-refractivity contribution in [1.29, 1.82) is 0 Å². The molecule has 0 spiro atoms. The molecule has 2 heterocycles. The third kappa shape index (κ3) is 2.72. The fraction of sp³-hybridized carbons (Fsp3) is 0.100. The summed E-state index contributed by atoms with van der Waals surface area (Å²) in [5, 5.41) is 6.04. The standard InChI is InChI=1S/C20H17N3OS/c1-11-9-12(2)22-20-16(11)17(21)18(25-20)19(24)23-15-8-7-13-5-3-4-6-14(13)10-15/h3-10H,21H2,1-2H3,(H,23,24). The Hall–Kier alpha value is -2.92. The number of benzene rings is 2. The van der Waals surface area contributed by atoms with Crippen molar-refractivity contribution in [2.24, 2.45) is 0 Å². The van der Waals surface area contributed by atoms with Crippen LogP contribution >= 0.6 is 11.3 Å². The average Bonchev–Trinajstić information content (AvgIpc) is 2.91. The highest BCUT2D eigenvalue weighted by molar-refractivity contribution is 7.21. The molecule has 0 aliphatic rings. The summed E-state index contributed by atoms with van der Waals surface area (Å²) in [6, 6.07) is 15.9. The van der Waals surface area contributed by atoms with Crippen LogP contribution in [0.5, 0.6) is 0 Å². The van der Waals surface area contributed by atoms with Crippen molar-refractivity contribution in [3.63, 3.8) is 0 Å². The molecule has 0 atom stereocenters. The first-order valence-electron chi connectivity index (χ1n) is 7.99. The summed E-state index contributed by atoms with van der Waals surface area (Å²) in [6.07, 6.45) is 0. The molecule has 1 amide bonds. The molecule has 4 rings (SSSR count). The van der Waals surface area contributed by atoms with Crippen LogP contribution in [-0.2, 0) is 0 Å². The van der Waals surface area contributed by atoms with Gasteiger partial charge in [-0.05, 0) is 48.4 Å². The number of nitrogens with zero attached hydrogens (tertiary/aromatic N) is 1. The van der Waals surface area contributed by atoms with E-state index in [9.17, 15) is 4.79 Å². The van der Waals surface area contributed by atoms with Crippen LogP contribution in [0.3, 0.4) is 0 Å². The molecule has 124 valence electrons. The van der Waals surface area contributed by atoms with Crippen LogP contribution in [0.1, 0.15) is 20.9 Å². The lowest BCUT2D eigenvalue weighted by Gasteiger charge is -2.06. The summed E-state index contributed by atoms with van der Waals surface area (Å²) >= 11 is 1.34. The highest BCUT2D eigenvalue weighted by Crippen LogP contribution is 2.35. The highest BCUT2D eigenvalue weighted by atomic mass is 32.1. The Morgan fingerprint density at radius 2 is 1.84 bits per heavy atom. The fourth-order valence-corrected chi connectivity index (χ4v) is 4.20. The van der Waals surface area contributed by atoms with Gasteiger partial charge in [0.2, 0.25) is 0 Å². The first kappa shape index (κ1) is 15.6. The second-order valence-electron chi connectivity index (χ2n) is 6.12. The van der Waals surface area contributed by atoms with Crippen molar-refractivity contribution in [1.82, 2.24) is 4.98 Å². The maximum Gasteiger partial charge on any atom is 0.267 e. The smallest absolute Gasteiger partial charge is 0.267 e. The van der Waals surface area contributed by atoms with Gasteiger partial charge in [-0.1, -0.05) is 30.3 Å². The molecule has 0 aliphatic heterocycles. The number of carbonyl (C=O) groups excluding carboxylic acids is 1. The number of rotatable bonds is 2. The van der Waals surface area contributed by atoms with E-state index in [1.165, 1.54) is 11.3 Å². The fourth-order valence-electron chi connectivity index (χ4n) is 3.09. The second kappa shape index (κ2) is 5.86. The molecular formula is C20H17N3OS. The number of carbonyl (C=O) groups is 1. The number of aryl methyl sites for hydroxylation is 2. The molecule has 4 nitrogen and oxygen atoms in total. The summed E-state index contributed by atoms with van der Waals surface area (Å²) in [5.41, 5.74) is 9.47. The van der Waals surface area contributed by atoms with Gasteiger partial charge in [-0.3, -0.25) is 4.79 Å². The number of hydrogen-bond acceptors (Lipinski definition) is 4. The topological polar surface area (TPSA) is 68.0 Å². The van der Waals surface area contributed by atoms with Gasteiger partial charge in [-0.15, -0.1) is 11.3 Å². The first-order chi connectivity index (χ1) is 12.0. The van der Waals surface area contributed by atoms with E-state index >= 15 is 0 Å². The van der Waals surface area contributed by atoms with Crippen LogP contribution in [0.2, 0.25) is 0 Å². The first-order valence-corrected chi connectivity index (χ1v) is 8.81. The Balaban J connectivity index is 1.71. The Bertz CT molecular complexity index is 1130. The molecule has 0 aliphatic carbocycles. The van der Waals surface area contributed by atoms with Crippen molar-refractivity contribution in [3.05, 3.63) is 64.7 Å². The molecule has 0 bridgehead atoms. The monoisotopic (exact) mass is 347 g/mol. The molecule has 2 aromatic carbocycles. The highest BCUT2D eigenvalue weighted by Gasteiger charge is 2.19. The van der Waals surface area contributed by atoms with Gasteiger partial charge in [0.15, 0.2) is 0 Å². The van der Waals surface area contributed by atoms with Gasteiger partial charge in [0, 0.05) is 16.8 Å². The lowest BCUT2D eigenvalue weighted by Crippen LogP contribution is -2.11. The van der Waals surface area contributed by atoms with Gasteiger partial charge in [-0.25, -0.2) is 4.98 Å². The lowest BCUT2D eigenvalue weighted by molar-refractivity contribution is 0.103. The van der Waals surface area contributed by atoms with Crippen molar-refractivity contribution >= 4 is 49.6 Å². The van der Waals surface area contributed by atoms with E-state index in [2.05, 4.69) is 10.3 Å². The Morgan fingerprint density at radius 3 is 2.64 bits per heavy atom. The van der Waals surface area contributed by atoms with Crippen LogP contribution in [0.4, 0.5) is 11.4 Å². The summed E-state index contributed by atoms with van der Waals surface area (Å²) in [4.78, 5) is 18.5. The van der Waals surface area contributed by atoms with E-state index in [1.807, 2.05) is 62.4 Å². The third-order valence-corrected chi connectivity index (χ3v) is 5.34.